The van der Waals surface area contributed by atoms with Gasteiger partial charge in [-0.1, -0.05) is 0 Å². The van der Waals surface area contributed by atoms with Gasteiger partial charge < -0.3 is 4.74 Å². The van der Waals surface area contributed by atoms with Crippen molar-refractivity contribution < 1.29 is 13.2 Å². The van der Waals surface area contributed by atoms with E-state index < -0.39 is 14.8 Å². The summed E-state index contributed by atoms with van der Waals surface area (Å²) in [7, 11) is -1.86. The molecule has 6 heteroatoms. The molecule has 0 spiro atoms. The fourth-order valence-corrected chi connectivity index (χ4v) is 2.53. The number of nitriles is 1. The van der Waals surface area contributed by atoms with Crippen LogP contribution in [0.25, 0.3) is 0 Å². The van der Waals surface area contributed by atoms with Gasteiger partial charge in [0.05, 0.1) is 17.4 Å². The molecule has 0 aromatic carbocycles. The van der Waals surface area contributed by atoms with Crippen molar-refractivity contribution in [1.82, 2.24) is 4.31 Å². The van der Waals surface area contributed by atoms with Gasteiger partial charge in [-0.05, 0) is 20.8 Å². The first kappa shape index (κ1) is 15.4. The zero-order valence-electron chi connectivity index (χ0n) is 10.4. The minimum Gasteiger partial charge on any atom is -0.383 e. The number of hydrogen-bond acceptors (Lipinski definition) is 4. The lowest BCUT2D eigenvalue weighted by Crippen LogP contribution is -2.44. The van der Waals surface area contributed by atoms with Crippen LogP contribution >= 0.6 is 0 Å². The van der Waals surface area contributed by atoms with Crippen LogP contribution in [-0.4, -0.2) is 44.3 Å². The lowest BCUT2D eigenvalue weighted by Gasteiger charge is -2.29. The van der Waals surface area contributed by atoms with Gasteiger partial charge in [0.2, 0.25) is 10.0 Å². The van der Waals surface area contributed by atoms with Gasteiger partial charge in [0.1, 0.15) is 0 Å². The SMILES string of the molecule is COCCN(CCC#N)S(=O)(=O)C(C)(C)C. The van der Waals surface area contributed by atoms with Gasteiger partial charge in [0.25, 0.3) is 0 Å². The number of ether oxygens (including phenoxy) is 1. The summed E-state index contributed by atoms with van der Waals surface area (Å²) in [4.78, 5) is 0. The molecule has 94 valence electrons. The molecule has 0 atom stereocenters. The highest BCUT2D eigenvalue weighted by Crippen LogP contribution is 2.20. The molecule has 0 radical (unpaired) electrons. The fourth-order valence-electron chi connectivity index (χ4n) is 1.11. The van der Waals surface area contributed by atoms with E-state index in [2.05, 4.69) is 0 Å². The molecule has 0 saturated carbocycles. The summed E-state index contributed by atoms with van der Waals surface area (Å²) in [5.41, 5.74) is 0. The normalized spacial score (nSPS) is 12.8. The van der Waals surface area contributed by atoms with Gasteiger partial charge in [0, 0.05) is 26.6 Å². The lowest BCUT2D eigenvalue weighted by atomic mass is 10.3. The van der Waals surface area contributed by atoms with Crippen molar-refractivity contribution in [2.45, 2.75) is 31.9 Å². The summed E-state index contributed by atoms with van der Waals surface area (Å²) in [5.74, 6) is 0. The van der Waals surface area contributed by atoms with Crippen molar-refractivity contribution in [3.8, 4) is 6.07 Å². The minimum absolute atomic E-state index is 0.193. The average Bonchev–Trinajstić information content (AvgIpc) is 2.16. The van der Waals surface area contributed by atoms with Gasteiger partial charge in [-0.15, -0.1) is 0 Å². The second-order valence-electron chi connectivity index (χ2n) is 4.42. The fraction of sp³-hybridized carbons (Fsp3) is 0.900. The molecule has 0 saturated heterocycles. The highest BCUT2D eigenvalue weighted by Gasteiger charge is 2.34. The third-order valence-corrected chi connectivity index (χ3v) is 4.72. The summed E-state index contributed by atoms with van der Waals surface area (Å²) in [5, 5.41) is 8.51. The topological polar surface area (TPSA) is 70.4 Å². The zero-order valence-corrected chi connectivity index (χ0v) is 11.2. The number of methoxy groups -OCH3 is 1. The Morgan fingerprint density at radius 2 is 1.88 bits per heavy atom. The van der Waals surface area contributed by atoms with E-state index in [9.17, 15) is 8.42 Å². The largest absolute Gasteiger partial charge is 0.383 e. The number of sulfonamides is 1. The third kappa shape index (κ3) is 4.08. The molecule has 16 heavy (non-hydrogen) atoms. The van der Waals surface area contributed by atoms with Crippen molar-refractivity contribution in [2.24, 2.45) is 0 Å². The standard InChI is InChI=1S/C10H20N2O3S/c1-10(2,3)16(13,14)12(7-5-6-11)8-9-15-4/h5,7-9H2,1-4H3. The van der Waals surface area contributed by atoms with E-state index >= 15 is 0 Å². The van der Waals surface area contributed by atoms with E-state index in [1.54, 1.807) is 20.8 Å². The average molecular weight is 248 g/mol. The lowest BCUT2D eigenvalue weighted by molar-refractivity contribution is 0.178. The molecular weight excluding hydrogens is 228 g/mol. The smallest absolute Gasteiger partial charge is 0.219 e. The first-order valence-corrected chi connectivity index (χ1v) is 6.57. The number of rotatable bonds is 6. The maximum Gasteiger partial charge on any atom is 0.219 e. The Bertz CT molecular complexity index is 338. The van der Waals surface area contributed by atoms with Crippen LogP contribution in [0.1, 0.15) is 27.2 Å². The number of nitrogens with zero attached hydrogens (tertiary/aromatic N) is 2. The van der Waals surface area contributed by atoms with E-state index in [0.29, 0.717) is 6.61 Å². The molecule has 0 N–H and O–H groups in total. The van der Waals surface area contributed by atoms with E-state index in [-0.39, 0.29) is 19.5 Å². The maximum atomic E-state index is 12.1. The Kier molecular flexibility index (Phi) is 5.94. The van der Waals surface area contributed by atoms with Crippen molar-refractivity contribution >= 4 is 10.0 Å². The third-order valence-electron chi connectivity index (χ3n) is 2.13. The second kappa shape index (κ2) is 6.18. The van der Waals surface area contributed by atoms with E-state index in [4.69, 9.17) is 10.00 Å². The molecule has 5 nitrogen and oxygen atoms in total. The Morgan fingerprint density at radius 3 is 2.25 bits per heavy atom. The summed E-state index contributed by atoms with van der Waals surface area (Å²) >= 11 is 0. The number of hydrogen-bond donors (Lipinski definition) is 0. The van der Waals surface area contributed by atoms with Crippen molar-refractivity contribution in [1.29, 1.82) is 5.26 Å². The van der Waals surface area contributed by atoms with Crippen LogP contribution in [0.4, 0.5) is 0 Å². The van der Waals surface area contributed by atoms with Crippen LogP contribution in [0.2, 0.25) is 0 Å². The first-order chi connectivity index (χ1) is 7.27. The molecule has 0 aliphatic carbocycles. The molecule has 0 aliphatic heterocycles. The van der Waals surface area contributed by atoms with Crippen LogP contribution in [0.5, 0.6) is 0 Å². The molecule has 0 amide bonds. The van der Waals surface area contributed by atoms with Crippen molar-refractivity contribution in [2.75, 3.05) is 26.8 Å². The highest BCUT2D eigenvalue weighted by atomic mass is 32.2. The molecule has 0 fully saturated rings. The maximum absolute atomic E-state index is 12.1. The Hall–Kier alpha value is -0.640. The molecule has 0 aromatic heterocycles. The summed E-state index contributed by atoms with van der Waals surface area (Å²) in [6.07, 6.45) is 0.193. The van der Waals surface area contributed by atoms with Crippen molar-refractivity contribution in [3.63, 3.8) is 0 Å². The van der Waals surface area contributed by atoms with Gasteiger partial charge in [-0.25, -0.2) is 8.42 Å². The minimum atomic E-state index is -3.38. The van der Waals surface area contributed by atoms with Crippen LogP contribution in [0.3, 0.4) is 0 Å². The van der Waals surface area contributed by atoms with Crippen LogP contribution in [0, 0.1) is 11.3 Å². The Balaban J connectivity index is 4.82. The summed E-state index contributed by atoms with van der Waals surface area (Å²) < 4.78 is 29.6. The van der Waals surface area contributed by atoms with Crippen LogP contribution in [-0.2, 0) is 14.8 Å². The predicted molar refractivity (Wildman–Crippen MR) is 62.4 cm³/mol. The quantitative estimate of drug-likeness (QED) is 0.702. The highest BCUT2D eigenvalue weighted by molar-refractivity contribution is 7.90. The molecule has 0 unspecified atom stereocenters. The zero-order chi connectivity index (χ0) is 12.8. The second-order valence-corrected chi connectivity index (χ2v) is 7.11. The van der Waals surface area contributed by atoms with E-state index in [0.717, 1.165) is 0 Å². The van der Waals surface area contributed by atoms with Gasteiger partial charge in [0.15, 0.2) is 0 Å². The molecule has 0 aliphatic rings. The Morgan fingerprint density at radius 1 is 1.31 bits per heavy atom. The van der Waals surface area contributed by atoms with Gasteiger partial charge in [-0.3, -0.25) is 0 Å². The molecule has 0 bridgehead atoms. The van der Waals surface area contributed by atoms with E-state index in [1.165, 1.54) is 11.4 Å². The summed E-state index contributed by atoms with van der Waals surface area (Å²) in [6.45, 7) is 5.79. The van der Waals surface area contributed by atoms with Crippen LogP contribution < -0.4 is 0 Å². The first-order valence-electron chi connectivity index (χ1n) is 5.13. The predicted octanol–water partition coefficient (Wildman–Crippen LogP) is 0.977. The molecule has 0 rings (SSSR count). The molecule has 0 aromatic rings. The Labute approximate surface area is 98.1 Å². The van der Waals surface area contributed by atoms with Gasteiger partial charge >= 0.3 is 0 Å². The monoisotopic (exact) mass is 248 g/mol. The van der Waals surface area contributed by atoms with Gasteiger partial charge in [-0.2, -0.15) is 9.57 Å². The van der Waals surface area contributed by atoms with Crippen LogP contribution in [0.15, 0.2) is 0 Å². The molecular formula is C10H20N2O3S. The van der Waals surface area contributed by atoms with Crippen molar-refractivity contribution in [3.05, 3.63) is 0 Å². The summed E-state index contributed by atoms with van der Waals surface area (Å²) in [6, 6.07) is 1.95. The van der Waals surface area contributed by atoms with E-state index in [1.807, 2.05) is 6.07 Å². The molecule has 0 heterocycles.